The zero-order valence-electron chi connectivity index (χ0n) is 10.7. The summed E-state index contributed by atoms with van der Waals surface area (Å²) in [4.78, 5) is 12.0. The number of hydrogen-bond donors (Lipinski definition) is 0. The highest BCUT2D eigenvalue weighted by Gasteiger charge is 2.35. The molecule has 0 atom stereocenters. The standard InChI is InChI=1S/C16H10BrF3O/c17-13-8-6-12(7-9-13)15(21)10-14(16(18,19)20)11-4-2-1-3-5-11/h1-10H/b14-10-. The van der Waals surface area contributed by atoms with Crippen molar-refractivity contribution in [3.05, 3.63) is 76.3 Å². The molecule has 0 heterocycles. The van der Waals surface area contributed by atoms with Crippen LogP contribution in [0.25, 0.3) is 5.57 Å². The van der Waals surface area contributed by atoms with Crippen molar-refractivity contribution in [1.29, 1.82) is 0 Å². The average molecular weight is 355 g/mol. The molecule has 0 aliphatic heterocycles. The molecule has 1 nitrogen and oxygen atoms in total. The van der Waals surface area contributed by atoms with E-state index in [-0.39, 0.29) is 11.1 Å². The van der Waals surface area contributed by atoms with Crippen LogP contribution in [0.2, 0.25) is 0 Å². The van der Waals surface area contributed by atoms with Gasteiger partial charge in [-0.2, -0.15) is 13.2 Å². The largest absolute Gasteiger partial charge is 0.417 e. The van der Waals surface area contributed by atoms with Gasteiger partial charge in [-0.3, -0.25) is 4.79 Å². The van der Waals surface area contributed by atoms with Crippen LogP contribution in [0.4, 0.5) is 13.2 Å². The summed E-state index contributed by atoms with van der Waals surface area (Å²) in [6.45, 7) is 0. The van der Waals surface area contributed by atoms with Crippen LogP contribution in [0.15, 0.2) is 65.1 Å². The summed E-state index contributed by atoms with van der Waals surface area (Å²) in [6.07, 6.45) is -3.95. The monoisotopic (exact) mass is 354 g/mol. The van der Waals surface area contributed by atoms with E-state index < -0.39 is 17.5 Å². The molecule has 2 aromatic rings. The molecule has 2 rings (SSSR count). The van der Waals surface area contributed by atoms with E-state index in [1.54, 1.807) is 18.2 Å². The predicted octanol–water partition coefficient (Wildman–Crippen LogP) is 5.28. The van der Waals surface area contributed by atoms with E-state index >= 15 is 0 Å². The number of benzene rings is 2. The molecule has 0 spiro atoms. The summed E-state index contributed by atoms with van der Waals surface area (Å²) in [5.41, 5.74) is -0.776. The van der Waals surface area contributed by atoms with Crippen LogP contribution in [0, 0.1) is 0 Å². The van der Waals surface area contributed by atoms with Crippen molar-refractivity contribution in [3.8, 4) is 0 Å². The molecule has 0 aliphatic rings. The molecule has 5 heteroatoms. The number of allylic oxidation sites excluding steroid dienone is 2. The highest BCUT2D eigenvalue weighted by atomic mass is 79.9. The lowest BCUT2D eigenvalue weighted by atomic mass is 10.0. The van der Waals surface area contributed by atoms with Gasteiger partial charge in [-0.1, -0.05) is 46.3 Å². The number of halogens is 4. The fourth-order valence-corrected chi connectivity index (χ4v) is 2.04. The van der Waals surface area contributed by atoms with E-state index in [0.29, 0.717) is 6.08 Å². The Morgan fingerprint density at radius 2 is 1.48 bits per heavy atom. The van der Waals surface area contributed by atoms with Crippen LogP contribution in [0.3, 0.4) is 0 Å². The van der Waals surface area contributed by atoms with Crippen molar-refractivity contribution in [2.75, 3.05) is 0 Å². The van der Waals surface area contributed by atoms with Gasteiger partial charge in [0.15, 0.2) is 5.78 Å². The van der Waals surface area contributed by atoms with Gasteiger partial charge in [-0.15, -0.1) is 0 Å². The van der Waals surface area contributed by atoms with Crippen LogP contribution >= 0.6 is 15.9 Å². The van der Waals surface area contributed by atoms with Gasteiger partial charge in [-0.05, 0) is 35.9 Å². The maximum atomic E-state index is 13.1. The molecule has 21 heavy (non-hydrogen) atoms. The SMILES string of the molecule is O=C(/C=C(/c1ccccc1)C(F)(F)F)c1ccc(Br)cc1. The molecule has 0 aromatic heterocycles. The lowest BCUT2D eigenvalue weighted by molar-refractivity contribution is -0.0689. The second-order valence-electron chi connectivity index (χ2n) is 4.29. The van der Waals surface area contributed by atoms with E-state index in [1.165, 1.54) is 36.4 Å². The normalized spacial score (nSPS) is 12.3. The first-order chi connectivity index (χ1) is 9.88. The molecule has 0 unspecified atom stereocenters. The van der Waals surface area contributed by atoms with Gasteiger partial charge in [0.25, 0.3) is 0 Å². The number of carbonyl (C=O) groups excluding carboxylic acids is 1. The Balaban J connectivity index is 2.42. The lowest BCUT2D eigenvalue weighted by Crippen LogP contribution is -2.12. The molecule has 0 amide bonds. The first-order valence-electron chi connectivity index (χ1n) is 6.02. The summed E-state index contributed by atoms with van der Waals surface area (Å²) in [5, 5.41) is 0. The fraction of sp³-hybridized carbons (Fsp3) is 0.0625. The molecule has 0 saturated carbocycles. The van der Waals surface area contributed by atoms with Crippen molar-refractivity contribution >= 4 is 27.3 Å². The van der Waals surface area contributed by atoms with Crippen molar-refractivity contribution in [3.63, 3.8) is 0 Å². The van der Waals surface area contributed by atoms with Gasteiger partial charge in [0, 0.05) is 10.0 Å². The Hall–Kier alpha value is -1.88. The molecule has 0 saturated heterocycles. The van der Waals surface area contributed by atoms with E-state index in [1.807, 2.05) is 0 Å². The maximum Gasteiger partial charge on any atom is 0.417 e. The highest BCUT2D eigenvalue weighted by molar-refractivity contribution is 9.10. The second kappa shape index (κ2) is 6.26. The smallest absolute Gasteiger partial charge is 0.289 e. The van der Waals surface area contributed by atoms with Crippen molar-refractivity contribution < 1.29 is 18.0 Å². The lowest BCUT2D eigenvalue weighted by Gasteiger charge is -2.11. The maximum absolute atomic E-state index is 13.1. The molecule has 0 aliphatic carbocycles. The third-order valence-electron chi connectivity index (χ3n) is 2.79. The summed E-state index contributed by atoms with van der Waals surface area (Å²) in [7, 11) is 0. The molecule has 0 N–H and O–H groups in total. The van der Waals surface area contributed by atoms with Crippen molar-refractivity contribution in [2.45, 2.75) is 6.18 Å². The zero-order valence-corrected chi connectivity index (χ0v) is 12.3. The van der Waals surface area contributed by atoms with Gasteiger partial charge in [0.2, 0.25) is 0 Å². The van der Waals surface area contributed by atoms with Crippen molar-refractivity contribution in [1.82, 2.24) is 0 Å². The molecule has 0 bridgehead atoms. The predicted molar refractivity (Wildman–Crippen MR) is 78.9 cm³/mol. The number of alkyl halides is 3. The summed E-state index contributed by atoms with van der Waals surface area (Å²) >= 11 is 3.21. The topological polar surface area (TPSA) is 17.1 Å². The highest BCUT2D eigenvalue weighted by Crippen LogP contribution is 2.34. The minimum absolute atomic E-state index is 0.0320. The first kappa shape index (κ1) is 15.5. The third kappa shape index (κ3) is 4.04. The molecular weight excluding hydrogens is 345 g/mol. The van der Waals surface area contributed by atoms with Crippen LogP contribution in [0.1, 0.15) is 15.9 Å². The Labute approximate surface area is 128 Å². The van der Waals surface area contributed by atoms with E-state index in [4.69, 9.17) is 0 Å². The minimum Gasteiger partial charge on any atom is -0.289 e. The molecule has 108 valence electrons. The van der Waals surface area contributed by atoms with Gasteiger partial charge in [0.1, 0.15) is 0 Å². The Morgan fingerprint density at radius 3 is 2.00 bits per heavy atom. The quantitative estimate of drug-likeness (QED) is 0.541. The van der Waals surface area contributed by atoms with E-state index in [9.17, 15) is 18.0 Å². The number of rotatable bonds is 3. The van der Waals surface area contributed by atoms with Gasteiger partial charge in [0.05, 0.1) is 5.57 Å². The average Bonchev–Trinajstić information content (AvgIpc) is 2.45. The van der Waals surface area contributed by atoms with Crippen LogP contribution in [-0.4, -0.2) is 12.0 Å². The van der Waals surface area contributed by atoms with Gasteiger partial charge >= 0.3 is 6.18 Å². The van der Waals surface area contributed by atoms with E-state index in [0.717, 1.165) is 4.47 Å². The molecule has 2 aromatic carbocycles. The minimum atomic E-state index is -4.59. The summed E-state index contributed by atoms with van der Waals surface area (Å²) < 4.78 is 40.1. The molecular formula is C16H10BrF3O. The zero-order chi connectivity index (χ0) is 15.5. The molecule has 0 fully saturated rings. The Kier molecular flexibility index (Phi) is 4.63. The number of ketones is 1. The van der Waals surface area contributed by atoms with Crippen LogP contribution in [-0.2, 0) is 0 Å². The van der Waals surface area contributed by atoms with Crippen LogP contribution < -0.4 is 0 Å². The van der Waals surface area contributed by atoms with Crippen LogP contribution in [0.5, 0.6) is 0 Å². The second-order valence-corrected chi connectivity index (χ2v) is 5.21. The number of carbonyl (C=O) groups is 1. The van der Waals surface area contributed by atoms with Gasteiger partial charge < -0.3 is 0 Å². The van der Waals surface area contributed by atoms with E-state index in [2.05, 4.69) is 15.9 Å². The molecule has 0 radical (unpaired) electrons. The summed E-state index contributed by atoms with van der Waals surface area (Å²) in [5.74, 6) is -0.682. The fourth-order valence-electron chi connectivity index (χ4n) is 1.78. The van der Waals surface area contributed by atoms with Gasteiger partial charge in [-0.25, -0.2) is 0 Å². The van der Waals surface area contributed by atoms with Crippen molar-refractivity contribution in [2.24, 2.45) is 0 Å². The Bertz CT molecular complexity index is 658. The first-order valence-corrected chi connectivity index (χ1v) is 6.81. The number of hydrogen-bond acceptors (Lipinski definition) is 1. The summed E-state index contributed by atoms with van der Waals surface area (Å²) in [6, 6.07) is 13.4. The Morgan fingerprint density at radius 1 is 0.905 bits per heavy atom. The third-order valence-corrected chi connectivity index (χ3v) is 3.32.